The Hall–Kier alpha value is -0.570. The summed E-state index contributed by atoms with van der Waals surface area (Å²) < 4.78 is 0. The Balaban J connectivity index is 2.04. The van der Waals surface area contributed by atoms with Crippen molar-refractivity contribution in [3.05, 3.63) is 0 Å². The summed E-state index contributed by atoms with van der Waals surface area (Å²) in [6.45, 7) is 2.12. The Morgan fingerprint density at radius 2 is 2.00 bits per heavy atom. The molecule has 2 unspecified atom stereocenters. The molecule has 0 aromatic rings. The lowest BCUT2D eigenvalue weighted by Crippen LogP contribution is -2.37. The van der Waals surface area contributed by atoms with Crippen molar-refractivity contribution in [2.45, 2.75) is 25.3 Å². The van der Waals surface area contributed by atoms with E-state index in [0.717, 1.165) is 19.5 Å². The van der Waals surface area contributed by atoms with Crippen molar-refractivity contribution in [1.29, 1.82) is 0 Å². The molecule has 0 aliphatic carbocycles. The van der Waals surface area contributed by atoms with E-state index >= 15 is 0 Å². The van der Waals surface area contributed by atoms with E-state index in [1.807, 2.05) is 11.9 Å². The molecule has 1 amide bonds. The fraction of sp³-hybridized carbons (Fsp3) is 0.900. The lowest BCUT2D eigenvalue weighted by atomic mass is 9.96. The van der Waals surface area contributed by atoms with E-state index in [9.17, 15) is 4.79 Å². The monoisotopic (exact) mass is 182 g/mol. The van der Waals surface area contributed by atoms with Crippen LogP contribution in [0.5, 0.6) is 0 Å². The van der Waals surface area contributed by atoms with Crippen LogP contribution in [0.3, 0.4) is 0 Å². The molecule has 0 spiro atoms. The van der Waals surface area contributed by atoms with Crippen molar-refractivity contribution in [2.75, 3.05) is 27.2 Å². The molecule has 2 aliphatic rings. The van der Waals surface area contributed by atoms with Crippen molar-refractivity contribution >= 4 is 5.91 Å². The lowest BCUT2D eigenvalue weighted by Gasteiger charge is -2.24. The third kappa shape index (κ3) is 1.46. The third-order valence-corrected chi connectivity index (χ3v) is 3.51. The number of carbonyl (C=O) groups excluding carboxylic acids is 1. The molecule has 0 radical (unpaired) electrons. The van der Waals surface area contributed by atoms with Gasteiger partial charge in [-0.25, -0.2) is 0 Å². The molecule has 0 aromatic heterocycles. The second-order valence-corrected chi connectivity index (χ2v) is 4.35. The van der Waals surface area contributed by atoms with Crippen LogP contribution in [0.4, 0.5) is 0 Å². The van der Waals surface area contributed by atoms with Gasteiger partial charge in [0, 0.05) is 19.6 Å². The van der Waals surface area contributed by atoms with Crippen LogP contribution in [0.2, 0.25) is 0 Å². The highest BCUT2D eigenvalue weighted by atomic mass is 16.2. The van der Waals surface area contributed by atoms with Crippen LogP contribution in [0.15, 0.2) is 0 Å². The predicted molar refractivity (Wildman–Crippen MR) is 51.4 cm³/mol. The van der Waals surface area contributed by atoms with Crippen molar-refractivity contribution < 1.29 is 4.79 Å². The Morgan fingerprint density at radius 3 is 2.46 bits per heavy atom. The van der Waals surface area contributed by atoms with E-state index in [0.29, 0.717) is 11.9 Å². The van der Waals surface area contributed by atoms with Crippen LogP contribution in [0.1, 0.15) is 19.3 Å². The molecule has 3 nitrogen and oxygen atoms in total. The van der Waals surface area contributed by atoms with Gasteiger partial charge in [0.2, 0.25) is 5.91 Å². The summed E-state index contributed by atoms with van der Waals surface area (Å²) in [7, 11) is 4.06. The van der Waals surface area contributed by atoms with Crippen LogP contribution in [-0.4, -0.2) is 48.9 Å². The van der Waals surface area contributed by atoms with Crippen LogP contribution in [0, 0.1) is 5.92 Å². The van der Waals surface area contributed by atoms with Crippen molar-refractivity contribution in [3.8, 4) is 0 Å². The first-order valence-corrected chi connectivity index (χ1v) is 5.15. The summed E-state index contributed by atoms with van der Waals surface area (Å²) >= 11 is 0. The van der Waals surface area contributed by atoms with Crippen LogP contribution in [0.25, 0.3) is 0 Å². The Kier molecular flexibility index (Phi) is 2.28. The number of nitrogens with zero attached hydrogens (tertiary/aromatic N) is 2. The second-order valence-electron chi connectivity index (χ2n) is 4.35. The summed E-state index contributed by atoms with van der Waals surface area (Å²) in [6.07, 6.45) is 3.53. The molecule has 13 heavy (non-hydrogen) atoms. The number of hydrogen-bond acceptors (Lipinski definition) is 2. The van der Waals surface area contributed by atoms with Gasteiger partial charge in [0.05, 0.1) is 5.92 Å². The van der Waals surface area contributed by atoms with Crippen molar-refractivity contribution in [3.63, 3.8) is 0 Å². The van der Waals surface area contributed by atoms with E-state index < -0.39 is 0 Å². The maximum absolute atomic E-state index is 11.7. The first-order valence-electron chi connectivity index (χ1n) is 5.15. The summed E-state index contributed by atoms with van der Waals surface area (Å²) in [5, 5.41) is 0. The zero-order valence-electron chi connectivity index (χ0n) is 8.49. The summed E-state index contributed by atoms with van der Waals surface area (Å²) in [6, 6.07) is 0.525. The van der Waals surface area contributed by atoms with Crippen molar-refractivity contribution in [2.24, 2.45) is 5.92 Å². The highest BCUT2D eigenvalue weighted by Gasteiger charge is 2.38. The van der Waals surface area contributed by atoms with Gasteiger partial charge >= 0.3 is 0 Å². The van der Waals surface area contributed by atoms with Gasteiger partial charge in [0.15, 0.2) is 0 Å². The maximum atomic E-state index is 11.7. The van der Waals surface area contributed by atoms with Crippen molar-refractivity contribution in [1.82, 2.24) is 9.80 Å². The average molecular weight is 182 g/mol. The molecular formula is C10H18N2O. The minimum atomic E-state index is 0.289. The molecule has 0 N–H and O–H groups in total. The summed E-state index contributed by atoms with van der Waals surface area (Å²) in [4.78, 5) is 16.0. The van der Waals surface area contributed by atoms with Gasteiger partial charge in [0.25, 0.3) is 0 Å². The predicted octanol–water partition coefficient (Wildman–Crippen LogP) is 0.559. The van der Waals surface area contributed by atoms with Gasteiger partial charge < -0.3 is 9.80 Å². The topological polar surface area (TPSA) is 23.6 Å². The first-order chi connectivity index (χ1) is 6.20. The third-order valence-electron chi connectivity index (χ3n) is 3.51. The zero-order valence-corrected chi connectivity index (χ0v) is 8.49. The Bertz CT molecular complexity index is 217. The molecule has 2 rings (SSSR count). The van der Waals surface area contributed by atoms with Crippen LogP contribution in [-0.2, 0) is 4.79 Å². The molecule has 2 fully saturated rings. The molecule has 0 saturated carbocycles. The smallest absolute Gasteiger partial charge is 0.227 e. The molecule has 3 heteroatoms. The zero-order chi connectivity index (χ0) is 9.42. The molecule has 0 bridgehead atoms. The van der Waals surface area contributed by atoms with E-state index in [-0.39, 0.29) is 5.92 Å². The Morgan fingerprint density at radius 1 is 1.23 bits per heavy atom. The molecule has 2 saturated heterocycles. The summed E-state index contributed by atoms with van der Waals surface area (Å²) in [5.74, 6) is 0.649. The molecular weight excluding hydrogens is 164 g/mol. The normalized spacial score (nSPS) is 36.2. The number of rotatable bonds is 1. The van der Waals surface area contributed by atoms with E-state index in [4.69, 9.17) is 0 Å². The van der Waals surface area contributed by atoms with E-state index in [1.165, 1.54) is 12.8 Å². The van der Waals surface area contributed by atoms with Gasteiger partial charge in [-0.05, 0) is 32.9 Å². The second kappa shape index (κ2) is 3.29. The standard InChI is InChI=1S/C10H18N2O/c1-11-6-3-4-9(11)8-5-7-12(2)10(8)13/h8-9H,3-7H2,1-2H3. The van der Waals surface area contributed by atoms with Gasteiger partial charge in [-0.3, -0.25) is 4.79 Å². The SMILES string of the molecule is CN1CCC(C2CCCN2C)C1=O. The molecule has 74 valence electrons. The van der Waals surface area contributed by atoms with Gasteiger partial charge in [0.1, 0.15) is 0 Å². The lowest BCUT2D eigenvalue weighted by molar-refractivity contribution is -0.131. The highest BCUT2D eigenvalue weighted by molar-refractivity contribution is 5.81. The maximum Gasteiger partial charge on any atom is 0.227 e. The van der Waals surface area contributed by atoms with Crippen LogP contribution < -0.4 is 0 Å². The number of likely N-dealkylation sites (tertiary alicyclic amines) is 2. The van der Waals surface area contributed by atoms with E-state index in [2.05, 4.69) is 11.9 Å². The molecule has 2 atom stereocenters. The number of hydrogen-bond donors (Lipinski definition) is 0. The quantitative estimate of drug-likeness (QED) is 0.591. The Labute approximate surface area is 79.7 Å². The highest BCUT2D eigenvalue weighted by Crippen LogP contribution is 2.29. The minimum absolute atomic E-state index is 0.289. The summed E-state index contributed by atoms with van der Waals surface area (Å²) in [5.41, 5.74) is 0. The fourth-order valence-electron chi connectivity index (χ4n) is 2.65. The molecule has 2 aliphatic heterocycles. The minimum Gasteiger partial charge on any atom is -0.345 e. The molecule has 2 heterocycles. The molecule has 0 aromatic carbocycles. The van der Waals surface area contributed by atoms with Gasteiger partial charge in [-0.2, -0.15) is 0 Å². The number of carbonyl (C=O) groups is 1. The van der Waals surface area contributed by atoms with Gasteiger partial charge in [-0.15, -0.1) is 0 Å². The fourth-order valence-corrected chi connectivity index (χ4v) is 2.65. The number of amides is 1. The first kappa shape index (κ1) is 9.00. The largest absolute Gasteiger partial charge is 0.345 e. The average Bonchev–Trinajstić information content (AvgIpc) is 2.62. The van der Waals surface area contributed by atoms with E-state index in [1.54, 1.807) is 0 Å². The van der Waals surface area contributed by atoms with Crippen LogP contribution >= 0.6 is 0 Å². The van der Waals surface area contributed by atoms with Gasteiger partial charge in [-0.1, -0.05) is 0 Å².